The van der Waals surface area contributed by atoms with E-state index in [0.29, 0.717) is 16.5 Å². The van der Waals surface area contributed by atoms with Gasteiger partial charge in [-0.05, 0) is 60.4 Å². The van der Waals surface area contributed by atoms with E-state index in [2.05, 4.69) is 6.08 Å². The highest BCUT2D eigenvalue weighted by Gasteiger charge is 2.15. The summed E-state index contributed by atoms with van der Waals surface area (Å²) >= 11 is 0. The van der Waals surface area contributed by atoms with Crippen LogP contribution in [0.4, 0.5) is 8.78 Å². The smallest absolute Gasteiger partial charge is 0.167 e. The van der Waals surface area contributed by atoms with Gasteiger partial charge in [0.25, 0.3) is 0 Å². The van der Waals surface area contributed by atoms with Crippen molar-refractivity contribution in [3.05, 3.63) is 83.4 Å². The SMILES string of the molecule is C/C=C/CCc1ccc(-c2cc3ccc(CC)cc3c(F)c2F)cc1. The average Bonchev–Trinajstić information content (AvgIpc) is 2.65. The lowest BCUT2D eigenvalue weighted by Gasteiger charge is -2.10. The molecule has 0 unspecified atom stereocenters. The van der Waals surface area contributed by atoms with Crippen LogP contribution in [0.1, 0.15) is 31.4 Å². The van der Waals surface area contributed by atoms with E-state index >= 15 is 0 Å². The lowest BCUT2D eigenvalue weighted by atomic mass is 9.97. The molecule has 25 heavy (non-hydrogen) atoms. The zero-order chi connectivity index (χ0) is 17.8. The minimum atomic E-state index is -0.776. The van der Waals surface area contributed by atoms with Crippen molar-refractivity contribution in [2.24, 2.45) is 0 Å². The maximum absolute atomic E-state index is 14.6. The fraction of sp³-hybridized carbons (Fsp3) is 0.217. The number of fused-ring (bicyclic) bond motifs is 1. The quantitative estimate of drug-likeness (QED) is 0.447. The molecule has 3 rings (SSSR count). The Morgan fingerprint density at radius 1 is 0.880 bits per heavy atom. The van der Waals surface area contributed by atoms with Crippen molar-refractivity contribution in [1.82, 2.24) is 0 Å². The van der Waals surface area contributed by atoms with Crippen molar-refractivity contribution in [2.45, 2.75) is 33.1 Å². The zero-order valence-corrected chi connectivity index (χ0v) is 14.7. The Morgan fingerprint density at radius 3 is 2.28 bits per heavy atom. The summed E-state index contributed by atoms with van der Waals surface area (Å²) in [5.41, 5.74) is 3.21. The second-order valence-corrected chi connectivity index (χ2v) is 6.27. The Kier molecular flexibility index (Phi) is 5.28. The lowest BCUT2D eigenvalue weighted by molar-refractivity contribution is 0.519. The third-order valence-corrected chi connectivity index (χ3v) is 4.59. The summed E-state index contributed by atoms with van der Waals surface area (Å²) in [5.74, 6) is -1.54. The Labute approximate surface area is 147 Å². The zero-order valence-electron chi connectivity index (χ0n) is 14.7. The topological polar surface area (TPSA) is 0 Å². The molecule has 3 aromatic carbocycles. The first-order valence-corrected chi connectivity index (χ1v) is 8.75. The summed E-state index contributed by atoms with van der Waals surface area (Å²) in [6, 6.07) is 15.0. The number of aryl methyl sites for hydroxylation is 2. The van der Waals surface area contributed by atoms with Crippen LogP contribution in [-0.2, 0) is 12.8 Å². The highest BCUT2D eigenvalue weighted by Crippen LogP contribution is 2.31. The van der Waals surface area contributed by atoms with Gasteiger partial charge >= 0.3 is 0 Å². The van der Waals surface area contributed by atoms with Crippen LogP contribution in [0.3, 0.4) is 0 Å². The van der Waals surface area contributed by atoms with Gasteiger partial charge in [-0.3, -0.25) is 0 Å². The van der Waals surface area contributed by atoms with Crippen LogP contribution in [0, 0.1) is 11.6 Å². The molecule has 0 aliphatic carbocycles. The number of rotatable bonds is 5. The molecule has 0 nitrogen and oxygen atoms in total. The van der Waals surface area contributed by atoms with Crippen LogP contribution < -0.4 is 0 Å². The summed E-state index contributed by atoms with van der Waals surface area (Å²) < 4.78 is 29.2. The number of hydrogen-bond acceptors (Lipinski definition) is 0. The predicted molar refractivity (Wildman–Crippen MR) is 102 cm³/mol. The first-order chi connectivity index (χ1) is 12.1. The standard InChI is InChI=1S/C23H22F2/c1-3-5-6-7-17-9-11-18(12-10-17)21-15-19-13-8-16(4-2)14-20(19)22(24)23(21)25/h3,5,8-15H,4,6-7H2,1-2H3/b5-3+. The largest absolute Gasteiger partial charge is 0.203 e. The van der Waals surface area contributed by atoms with Crippen LogP contribution in [-0.4, -0.2) is 0 Å². The van der Waals surface area contributed by atoms with Gasteiger partial charge in [0.15, 0.2) is 11.6 Å². The molecule has 0 amide bonds. The Bertz CT molecular complexity index is 906. The summed E-state index contributed by atoms with van der Waals surface area (Å²) in [7, 11) is 0. The second-order valence-electron chi connectivity index (χ2n) is 6.27. The Balaban J connectivity index is 1.99. The van der Waals surface area contributed by atoms with Crippen molar-refractivity contribution < 1.29 is 8.78 Å². The summed E-state index contributed by atoms with van der Waals surface area (Å²) in [5, 5.41) is 1.08. The third kappa shape index (κ3) is 3.63. The number of halogens is 2. The van der Waals surface area contributed by atoms with Crippen LogP contribution in [0.25, 0.3) is 21.9 Å². The second kappa shape index (κ2) is 7.60. The average molecular weight is 336 g/mol. The number of benzene rings is 3. The van der Waals surface area contributed by atoms with Crippen molar-refractivity contribution >= 4 is 10.8 Å². The maximum atomic E-state index is 14.6. The molecule has 128 valence electrons. The molecular formula is C23H22F2. The first-order valence-electron chi connectivity index (χ1n) is 8.75. The van der Waals surface area contributed by atoms with Gasteiger partial charge in [0.2, 0.25) is 0 Å². The van der Waals surface area contributed by atoms with E-state index in [0.717, 1.165) is 30.2 Å². The van der Waals surface area contributed by atoms with E-state index in [1.807, 2.05) is 56.3 Å². The molecule has 0 aliphatic rings. The van der Waals surface area contributed by atoms with E-state index in [1.54, 1.807) is 12.1 Å². The van der Waals surface area contributed by atoms with E-state index in [9.17, 15) is 8.78 Å². The lowest BCUT2D eigenvalue weighted by Crippen LogP contribution is -1.94. The highest BCUT2D eigenvalue weighted by atomic mass is 19.2. The summed E-state index contributed by atoms with van der Waals surface area (Å²) in [6.07, 6.45) is 6.88. The van der Waals surface area contributed by atoms with Gasteiger partial charge in [0.1, 0.15) is 0 Å². The molecular weight excluding hydrogens is 314 g/mol. The van der Waals surface area contributed by atoms with Crippen LogP contribution >= 0.6 is 0 Å². The third-order valence-electron chi connectivity index (χ3n) is 4.59. The molecule has 0 saturated carbocycles. The Hall–Kier alpha value is -2.48. The van der Waals surface area contributed by atoms with Gasteiger partial charge in [-0.25, -0.2) is 8.78 Å². The molecule has 0 aromatic heterocycles. The molecule has 0 N–H and O–H groups in total. The van der Waals surface area contributed by atoms with E-state index in [4.69, 9.17) is 0 Å². The van der Waals surface area contributed by atoms with Gasteiger partial charge in [0, 0.05) is 10.9 Å². The van der Waals surface area contributed by atoms with Crippen LogP contribution in [0.2, 0.25) is 0 Å². The molecule has 3 aromatic rings. The molecule has 0 saturated heterocycles. The molecule has 0 bridgehead atoms. The van der Waals surface area contributed by atoms with E-state index in [-0.39, 0.29) is 0 Å². The van der Waals surface area contributed by atoms with Crippen molar-refractivity contribution in [1.29, 1.82) is 0 Å². The van der Waals surface area contributed by atoms with E-state index < -0.39 is 11.6 Å². The minimum absolute atomic E-state index is 0.314. The number of hydrogen-bond donors (Lipinski definition) is 0. The molecule has 0 spiro atoms. The molecule has 0 atom stereocenters. The maximum Gasteiger partial charge on any atom is 0.167 e. The highest BCUT2D eigenvalue weighted by molar-refractivity contribution is 5.88. The molecule has 0 heterocycles. The van der Waals surface area contributed by atoms with Gasteiger partial charge in [-0.1, -0.05) is 55.5 Å². The molecule has 0 radical (unpaired) electrons. The normalized spacial score (nSPS) is 11.5. The molecule has 2 heteroatoms. The van der Waals surface area contributed by atoms with Gasteiger partial charge in [-0.15, -0.1) is 0 Å². The van der Waals surface area contributed by atoms with Crippen molar-refractivity contribution in [3.63, 3.8) is 0 Å². The van der Waals surface area contributed by atoms with Crippen molar-refractivity contribution in [3.8, 4) is 11.1 Å². The molecule has 0 fully saturated rings. The summed E-state index contributed by atoms with van der Waals surface area (Å²) in [4.78, 5) is 0. The Morgan fingerprint density at radius 2 is 1.60 bits per heavy atom. The first kappa shape index (κ1) is 17.3. The van der Waals surface area contributed by atoms with Crippen molar-refractivity contribution in [2.75, 3.05) is 0 Å². The predicted octanol–water partition coefficient (Wildman–Crippen LogP) is 6.86. The fourth-order valence-corrected chi connectivity index (χ4v) is 3.07. The van der Waals surface area contributed by atoms with E-state index in [1.165, 1.54) is 5.56 Å². The molecule has 0 aliphatic heterocycles. The van der Waals surface area contributed by atoms with Crippen LogP contribution in [0.15, 0.2) is 60.7 Å². The van der Waals surface area contributed by atoms with Gasteiger partial charge < -0.3 is 0 Å². The van der Waals surface area contributed by atoms with Crippen LogP contribution in [0.5, 0.6) is 0 Å². The monoisotopic (exact) mass is 336 g/mol. The summed E-state index contributed by atoms with van der Waals surface area (Å²) in [6.45, 7) is 4.01. The van der Waals surface area contributed by atoms with Gasteiger partial charge in [-0.2, -0.15) is 0 Å². The fourth-order valence-electron chi connectivity index (χ4n) is 3.07. The number of allylic oxidation sites excluding steroid dienone is 2. The minimum Gasteiger partial charge on any atom is -0.203 e. The van der Waals surface area contributed by atoms with Gasteiger partial charge in [0.05, 0.1) is 0 Å².